The average molecular weight is 533 g/mol. The molecule has 0 saturated carbocycles. The van der Waals surface area contributed by atoms with E-state index in [-0.39, 0.29) is 11.0 Å². The summed E-state index contributed by atoms with van der Waals surface area (Å²) in [6.45, 7) is 3.52. The highest BCUT2D eigenvalue weighted by Gasteiger charge is 2.23. The Hall–Kier alpha value is -3.40. The van der Waals surface area contributed by atoms with Gasteiger partial charge in [0.15, 0.2) is 15.4 Å². The van der Waals surface area contributed by atoms with Crippen LogP contribution in [-0.2, 0) is 21.0 Å². The molecular weight excluding hydrogens is 500 g/mol. The Balaban J connectivity index is 1.34. The van der Waals surface area contributed by atoms with E-state index in [0.29, 0.717) is 17.3 Å². The molecule has 1 atom stereocenters. The number of hydrogen-bond donors (Lipinski definition) is 1. The van der Waals surface area contributed by atoms with E-state index >= 15 is 0 Å². The molecule has 2 heterocycles. The number of nitrogens with zero attached hydrogens (tertiary/aromatic N) is 3. The van der Waals surface area contributed by atoms with Crippen LogP contribution in [0.1, 0.15) is 23.7 Å². The van der Waals surface area contributed by atoms with Crippen molar-refractivity contribution in [1.82, 2.24) is 9.88 Å². The molecule has 1 saturated heterocycles. The quantitative estimate of drug-likeness (QED) is 0.370. The zero-order chi connectivity index (χ0) is 26.4. The monoisotopic (exact) mass is 532 g/mol. The van der Waals surface area contributed by atoms with Gasteiger partial charge < -0.3 is 24.3 Å². The topological polar surface area (TPSA) is 87.9 Å². The van der Waals surface area contributed by atoms with Crippen LogP contribution in [0, 0.1) is 0 Å². The van der Waals surface area contributed by atoms with Crippen molar-refractivity contribution in [3.05, 3.63) is 65.7 Å². The lowest BCUT2D eigenvalue weighted by Crippen LogP contribution is -2.44. The molecule has 0 spiro atoms. The maximum atomic E-state index is 12.5. The summed E-state index contributed by atoms with van der Waals surface area (Å²) in [5, 5.41) is 3.23. The SMILES string of the molecule is COC1CCc2cc(-c3cccc4nc(Nc5cc(N6CCN(C)CC6)cc(S(C)(=O)=O)c5)oc34)ccc21. The van der Waals surface area contributed by atoms with Crippen LogP contribution in [0.15, 0.2) is 63.9 Å². The molecule has 9 heteroatoms. The number of hydrogen-bond acceptors (Lipinski definition) is 8. The van der Waals surface area contributed by atoms with Crippen LogP contribution in [0.5, 0.6) is 0 Å². The Labute approximate surface area is 223 Å². The van der Waals surface area contributed by atoms with E-state index in [2.05, 4.69) is 45.3 Å². The summed E-state index contributed by atoms with van der Waals surface area (Å²) < 4.78 is 36.8. The van der Waals surface area contributed by atoms with Crippen LogP contribution in [0.2, 0.25) is 0 Å². The van der Waals surface area contributed by atoms with Crippen molar-refractivity contribution >= 4 is 38.3 Å². The Morgan fingerprint density at radius 1 is 1.05 bits per heavy atom. The number of piperazine rings is 1. The minimum absolute atomic E-state index is 0.161. The summed E-state index contributed by atoms with van der Waals surface area (Å²) in [6.07, 6.45) is 3.39. The van der Waals surface area contributed by atoms with E-state index in [1.165, 1.54) is 17.4 Å². The molecule has 4 aromatic rings. The number of nitrogens with one attached hydrogen (secondary N) is 1. The molecule has 198 valence electrons. The Kier molecular flexibility index (Phi) is 6.37. The molecule has 1 aromatic heterocycles. The van der Waals surface area contributed by atoms with Gasteiger partial charge in [-0.05, 0) is 60.8 Å². The molecular formula is C29H32N4O4S. The second kappa shape index (κ2) is 9.72. The summed E-state index contributed by atoms with van der Waals surface area (Å²) in [5.74, 6) is 0. The van der Waals surface area contributed by atoms with Gasteiger partial charge in [0, 0.05) is 56.5 Å². The molecule has 8 nitrogen and oxygen atoms in total. The third kappa shape index (κ3) is 4.77. The van der Waals surface area contributed by atoms with Gasteiger partial charge in [-0.15, -0.1) is 0 Å². The second-order valence-electron chi connectivity index (χ2n) is 10.3. The van der Waals surface area contributed by atoms with Gasteiger partial charge in [-0.3, -0.25) is 0 Å². The normalized spacial score (nSPS) is 18.2. The third-order valence-electron chi connectivity index (χ3n) is 7.62. The Bertz CT molecular complexity index is 1610. The first kappa shape index (κ1) is 24.9. The van der Waals surface area contributed by atoms with Crippen molar-refractivity contribution in [1.29, 1.82) is 0 Å². The molecule has 1 aliphatic carbocycles. The lowest BCUT2D eigenvalue weighted by molar-refractivity contribution is 0.105. The molecule has 6 rings (SSSR count). The number of aryl methyl sites for hydroxylation is 1. The number of methoxy groups -OCH3 is 1. The molecule has 1 aliphatic heterocycles. The zero-order valence-electron chi connectivity index (χ0n) is 21.9. The number of ether oxygens (including phenoxy) is 1. The molecule has 0 amide bonds. The Morgan fingerprint density at radius 2 is 1.87 bits per heavy atom. The van der Waals surface area contributed by atoms with Gasteiger partial charge in [0.1, 0.15) is 5.52 Å². The predicted octanol–water partition coefficient (Wildman–Crippen LogP) is 5.03. The summed E-state index contributed by atoms with van der Waals surface area (Å²) in [5.41, 5.74) is 7.52. The number of anilines is 3. The highest BCUT2D eigenvalue weighted by molar-refractivity contribution is 7.90. The maximum absolute atomic E-state index is 12.5. The standard InChI is InChI=1S/C29H32N4O4S/c1-32-11-13-33(14-12-32)22-16-21(17-23(18-22)38(3,34)35)30-29-31-26-6-4-5-25(28(26)37-29)20-7-9-24-19(15-20)8-10-27(24)36-2/h4-7,9,15-18,27H,8,10-14H2,1-3H3,(H,30,31). The maximum Gasteiger partial charge on any atom is 0.300 e. The molecule has 38 heavy (non-hydrogen) atoms. The summed E-state index contributed by atoms with van der Waals surface area (Å²) in [4.78, 5) is 9.41. The van der Waals surface area contributed by atoms with Gasteiger partial charge in [0.05, 0.1) is 11.0 Å². The van der Waals surface area contributed by atoms with E-state index in [4.69, 9.17) is 9.15 Å². The van der Waals surface area contributed by atoms with Gasteiger partial charge in [0.25, 0.3) is 6.01 Å². The number of fused-ring (bicyclic) bond motifs is 2. The van der Waals surface area contributed by atoms with Crippen molar-refractivity contribution in [2.75, 3.05) is 56.8 Å². The van der Waals surface area contributed by atoms with Gasteiger partial charge in [0.2, 0.25) is 0 Å². The first-order chi connectivity index (χ1) is 18.3. The van der Waals surface area contributed by atoms with Crippen LogP contribution < -0.4 is 10.2 Å². The smallest absolute Gasteiger partial charge is 0.300 e. The third-order valence-corrected chi connectivity index (χ3v) is 8.71. The van der Waals surface area contributed by atoms with Gasteiger partial charge in [-0.1, -0.05) is 30.3 Å². The second-order valence-corrected chi connectivity index (χ2v) is 12.3. The van der Waals surface area contributed by atoms with E-state index in [9.17, 15) is 8.42 Å². The first-order valence-corrected chi connectivity index (χ1v) is 14.8. The molecule has 2 aliphatic rings. The Morgan fingerprint density at radius 3 is 2.63 bits per heavy atom. The minimum atomic E-state index is -3.40. The van der Waals surface area contributed by atoms with Crippen LogP contribution >= 0.6 is 0 Å². The van der Waals surface area contributed by atoms with E-state index < -0.39 is 9.84 Å². The fourth-order valence-electron chi connectivity index (χ4n) is 5.46. The number of aromatic nitrogens is 1. The van der Waals surface area contributed by atoms with Crippen LogP contribution in [-0.4, -0.2) is 64.9 Å². The van der Waals surface area contributed by atoms with E-state index in [1.54, 1.807) is 19.2 Å². The van der Waals surface area contributed by atoms with Gasteiger partial charge >= 0.3 is 0 Å². The summed E-state index contributed by atoms with van der Waals surface area (Å²) in [6, 6.07) is 18.1. The summed E-state index contributed by atoms with van der Waals surface area (Å²) in [7, 11) is 0.451. The fraction of sp³-hybridized carbons (Fsp3) is 0.345. The van der Waals surface area contributed by atoms with Crippen molar-refractivity contribution in [3.63, 3.8) is 0 Å². The first-order valence-electron chi connectivity index (χ1n) is 12.9. The molecule has 0 bridgehead atoms. The highest BCUT2D eigenvalue weighted by Crippen LogP contribution is 2.38. The number of sulfone groups is 1. The van der Waals surface area contributed by atoms with Crippen molar-refractivity contribution in [3.8, 4) is 11.1 Å². The number of para-hydroxylation sites is 1. The number of oxazole rings is 1. The van der Waals surface area contributed by atoms with Gasteiger partial charge in [-0.25, -0.2) is 8.42 Å². The number of likely N-dealkylation sites (N-methyl/N-ethyl adjacent to an activating group) is 1. The lowest BCUT2D eigenvalue weighted by Gasteiger charge is -2.34. The van der Waals surface area contributed by atoms with Crippen LogP contribution in [0.3, 0.4) is 0 Å². The van der Waals surface area contributed by atoms with Gasteiger partial charge in [-0.2, -0.15) is 4.98 Å². The van der Waals surface area contributed by atoms with Crippen molar-refractivity contribution in [2.45, 2.75) is 23.8 Å². The molecule has 3 aromatic carbocycles. The van der Waals surface area contributed by atoms with Crippen molar-refractivity contribution in [2.24, 2.45) is 0 Å². The lowest BCUT2D eigenvalue weighted by atomic mass is 9.99. The number of rotatable bonds is 6. The largest absolute Gasteiger partial charge is 0.423 e. The molecule has 1 unspecified atom stereocenters. The zero-order valence-corrected chi connectivity index (χ0v) is 22.7. The fourth-order valence-corrected chi connectivity index (χ4v) is 6.14. The average Bonchev–Trinajstić information content (AvgIpc) is 3.51. The van der Waals surface area contributed by atoms with E-state index in [0.717, 1.165) is 61.4 Å². The highest BCUT2D eigenvalue weighted by atomic mass is 32.2. The van der Waals surface area contributed by atoms with E-state index in [1.807, 2.05) is 24.3 Å². The van der Waals surface area contributed by atoms with Crippen LogP contribution in [0.4, 0.5) is 17.4 Å². The minimum Gasteiger partial charge on any atom is -0.423 e. The van der Waals surface area contributed by atoms with Crippen LogP contribution in [0.25, 0.3) is 22.2 Å². The molecule has 1 N–H and O–H groups in total. The number of benzene rings is 3. The molecule has 1 fully saturated rings. The summed E-state index contributed by atoms with van der Waals surface area (Å²) >= 11 is 0. The molecule has 0 radical (unpaired) electrons. The predicted molar refractivity (Wildman–Crippen MR) is 150 cm³/mol. The van der Waals surface area contributed by atoms with Crippen molar-refractivity contribution < 1.29 is 17.6 Å².